The summed E-state index contributed by atoms with van der Waals surface area (Å²) in [7, 11) is 0. The molecule has 470 valence electrons. The molecule has 0 aliphatic carbocycles. The van der Waals surface area contributed by atoms with E-state index in [-0.39, 0.29) is 24.4 Å². The number of aliphatic hydroxyl groups is 4. The lowest BCUT2D eigenvalue weighted by atomic mass is 10.0. The van der Waals surface area contributed by atoms with Crippen molar-refractivity contribution in [2.24, 2.45) is 0 Å². The van der Waals surface area contributed by atoms with Gasteiger partial charge in [0.15, 0.2) is 0 Å². The first kappa shape index (κ1) is 77.7. The average Bonchev–Trinajstić information content (AvgIpc) is 3.42. The standard InChI is InChI=1S/C71H147N3O4/c1-6-11-15-19-23-27-31-35-39-43-47-51-55-68(75)64-73(65-69(76)56-52-48-44-40-36-32-28-24-20-16-12-7-2)62-60-72(59-10-5)61-63-74(66-70(77)57-53-49-45-41-37-33-29-25-21-17-13-8-3)67-71(78)58-54-50-46-42-38-34-30-26-22-18-14-9-4/h68-71,75-78H,6-67H2,1-5H3. The van der Waals surface area contributed by atoms with Gasteiger partial charge >= 0.3 is 0 Å². The van der Waals surface area contributed by atoms with Crippen molar-refractivity contribution in [3.63, 3.8) is 0 Å². The Kier molecular flexibility index (Phi) is 64.1. The Hall–Kier alpha value is -0.280. The molecule has 0 spiro atoms. The minimum absolute atomic E-state index is 0.361. The van der Waals surface area contributed by atoms with E-state index in [0.717, 1.165) is 90.5 Å². The maximum atomic E-state index is 11.4. The fraction of sp³-hybridized carbons (Fsp3) is 1.00. The molecule has 0 heterocycles. The minimum atomic E-state index is -0.361. The molecule has 0 rings (SSSR count). The fourth-order valence-electron chi connectivity index (χ4n) is 12.2. The van der Waals surface area contributed by atoms with E-state index < -0.39 is 0 Å². The zero-order valence-electron chi connectivity index (χ0n) is 54.3. The molecule has 7 nitrogen and oxygen atoms in total. The van der Waals surface area contributed by atoms with Crippen molar-refractivity contribution >= 4 is 0 Å². The molecule has 0 aromatic heterocycles. The number of aliphatic hydroxyl groups excluding tert-OH is 4. The second-order valence-corrected chi connectivity index (χ2v) is 25.7. The van der Waals surface area contributed by atoms with Gasteiger partial charge in [-0.15, -0.1) is 0 Å². The number of hydrogen-bond donors (Lipinski definition) is 4. The van der Waals surface area contributed by atoms with Gasteiger partial charge in [0, 0.05) is 52.4 Å². The van der Waals surface area contributed by atoms with Crippen molar-refractivity contribution in [3.05, 3.63) is 0 Å². The highest BCUT2D eigenvalue weighted by atomic mass is 16.3. The molecule has 4 atom stereocenters. The second-order valence-electron chi connectivity index (χ2n) is 25.7. The first-order chi connectivity index (χ1) is 38.3. The molecule has 0 aliphatic heterocycles. The smallest absolute Gasteiger partial charge is 0.0667 e. The predicted octanol–water partition coefficient (Wildman–Crippen LogP) is 20.1. The van der Waals surface area contributed by atoms with Crippen LogP contribution in [0.15, 0.2) is 0 Å². The van der Waals surface area contributed by atoms with Gasteiger partial charge in [-0.05, 0) is 38.6 Å². The average molecular weight is 1110 g/mol. The van der Waals surface area contributed by atoms with Crippen molar-refractivity contribution in [3.8, 4) is 0 Å². The number of nitrogens with zero attached hydrogens (tertiary/aromatic N) is 3. The van der Waals surface area contributed by atoms with E-state index in [0.29, 0.717) is 26.2 Å². The maximum absolute atomic E-state index is 11.4. The second kappa shape index (κ2) is 64.3. The Morgan fingerprint density at radius 2 is 0.333 bits per heavy atom. The van der Waals surface area contributed by atoms with Crippen molar-refractivity contribution in [1.82, 2.24) is 14.7 Å². The predicted molar refractivity (Wildman–Crippen MR) is 346 cm³/mol. The van der Waals surface area contributed by atoms with E-state index in [1.165, 1.54) is 283 Å². The van der Waals surface area contributed by atoms with Crippen LogP contribution in [0.2, 0.25) is 0 Å². The number of hydrogen-bond acceptors (Lipinski definition) is 7. The van der Waals surface area contributed by atoms with Crippen molar-refractivity contribution in [2.75, 3.05) is 58.9 Å². The first-order valence-electron chi connectivity index (χ1n) is 36.2. The minimum Gasteiger partial charge on any atom is -0.392 e. The number of unbranched alkanes of at least 4 members (excludes halogenated alkanes) is 44. The Balaban J connectivity index is 5.38. The van der Waals surface area contributed by atoms with Gasteiger partial charge in [0.05, 0.1) is 24.4 Å². The monoisotopic (exact) mass is 1110 g/mol. The van der Waals surface area contributed by atoms with E-state index in [9.17, 15) is 20.4 Å². The van der Waals surface area contributed by atoms with Crippen LogP contribution in [0.5, 0.6) is 0 Å². The Labute approximate surface area is 491 Å². The highest BCUT2D eigenvalue weighted by Crippen LogP contribution is 2.19. The van der Waals surface area contributed by atoms with Gasteiger partial charge in [-0.1, -0.05) is 343 Å². The third-order valence-corrected chi connectivity index (χ3v) is 17.4. The van der Waals surface area contributed by atoms with Crippen LogP contribution in [-0.4, -0.2) is 118 Å². The molecule has 0 radical (unpaired) electrons. The maximum Gasteiger partial charge on any atom is 0.0667 e. The summed E-state index contributed by atoms with van der Waals surface area (Å²) in [5.41, 5.74) is 0. The highest BCUT2D eigenvalue weighted by Gasteiger charge is 2.20. The van der Waals surface area contributed by atoms with Gasteiger partial charge in [0.2, 0.25) is 0 Å². The highest BCUT2D eigenvalue weighted by molar-refractivity contribution is 4.75. The molecule has 0 saturated carbocycles. The molecule has 0 fully saturated rings. The molecule has 4 N–H and O–H groups in total. The zero-order valence-corrected chi connectivity index (χ0v) is 54.3. The van der Waals surface area contributed by atoms with Crippen LogP contribution >= 0.6 is 0 Å². The van der Waals surface area contributed by atoms with Crippen LogP contribution in [0, 0.1) is 0 Å². The summed E-state index contributed by atoms with van der Waals surface area (Å²) in [4.78, 5) is 7.34. The van der Waals surface area contributed by atoms with Gasteiger partial charge in [-0.25, -0.2) is 0 Å². The van der Waals surface area contributed by atoms with E-state index in [1.807, 2.05) is 0 Å². The van der Waals surface area contributed by atoms with E-state index >= 15 is 0 Å². The largest absolute Gasteiger partial charge is 0.392 e. The lowest BCUT2D eigenvalue weighted by Crippen LogP contribution is -2.46. The zero-order chi connectivity index (χ0) is 56.9. The molecule has 0 aromatic rings. The third-order valence-electron chi connectivity index (χ3n) is 17.4. The summed E-state index contributed by atoms with van der Waals surface area (Å²) in [6, 6.07) is 0. The van der Waals surface area contributed by atoms with Gasteiger partial charge in [-0.2, -0.15) is 0 Å². The van der Waals surface area contributed by atoms with Gasteiger partial charge in [0.1, 0.15) is 0 Å². The molecule has 4 unspecified atom stereocenters. The summed E-state index contributed by atoms with van der Waals surface area (Å²) in [6.07, 6.45) is 66.8. The molecule has 7 heteroatoms. The lowest BCUT2D eigenvalue weighted by molar-refractivity contribution is 0.0466. The van der Waals surface area contributed by atoms with Crippen molar-refractivity contribution < 1.29 is 20.4 Å². The summed E-state index contributed by atoms with van der Waals surface area (Å²) in [5.74, 6) is 0. The summed E-state index contributed by atoms with van der Waals surface area (Å²) >= 11 is 0. The van der Waals surface area contributed by atoms with Gasteiger partial charge in [-0.3, -0.25) is 9.80 Å². The SMILES string of the molecule is CCCCCCCCCCCCCCC(O)CN(CCN(CCC)CCN(CC(O)CCCCCCCCCCCCCC)CC(O)CCCCCCCCCCCCCC)CC(O)CCCCCCCCCCCCCC. The van der Waals surface area contributed by atoms with E-state index in [4.69, 9.17) is 0 Å². The Morgan fingerprint density at radius 3 is 0.500 bits per heavy atom. The molecule has 0 saturated heterocycles. The summed E-state index contributed by atoms with van der Waals surface area (Å²) in [6.45, 7) is 18.5. The lowest BCUT2D eigenvalue weighted by Gasteiger charge is -2.33. The Bertz CT molecular complexity index is 947. The van der Waals surface area contributed by atoms with Crippen LogP contribution < -0.4 is 0 Å². The van der Waals surface area contributed by atoms with Gasteiger partial charge in [0.25, 0.3) is 0 Å². The Morgan fingerprint density at radius 1 is 0.179 bits per heavy atom. The van der Waals surface area contributed by atoms with E-state index in [1.54, 1.807) is 0 Å². The molecule has 0 amide bonds. The summed E-state index contributed by atoms with van der Waals surface area (Å²) < 4.78 is 0. The molecule has 78 heavy (non-hydrogen) atoms. The fourth-order valence-corrected chi connectivity index (χ4v) is 12.2. The molecule has 0 aliphatic rings. The molecule has 0 bridgehead atoms. The molecular weight excluding hydrogens is 959 g/mol. The molecule has 0 aromatic carbocycles. The van der Waals surface area contributed by atoms with Crippen LogP contribution in [0.3, 0.4) is 0 Å². The van der Waals surface area contributed by atoms with Crippen LogP contribution in [0.25, 0.3) is 0 Å². The summed E-state index contributed by atoms with van der Waals surface area (Å²) in [5, 5.41) is 45.7. The van der Waals surface area contributed by atoms with E-state index in [2.05, 4.69) is 49.3 Å². The van der Waals surface area contributed by atoms with Crippen molar-refractivity contribution in [2.45, 2.75) is 399 Å². The topological polar surface area (TPSA) is 90.6 Å². The van der Waals surface area contributed by atoms with Gasteiger partial charge < -0.3 is 25.3 Å². The number of rotatable bonds is 68. The van der Waals surface area contributed by atoms with Crippen molar-refractivity contribution in [1.29, 1.82) is 0 Å². The normalized spacial score (nSPS) is 13.7. The van der Waals surface area contributed by atoms with Crippen LogP contribution in [-0.2, 0) is 0 Å². The third kappa shape index (κ3) is 58.9. The quantitative estimate of drug-likeness (QED) is 0.0451. The van der Waals surface area contributed by atoms with Crippen LogP contribution in [0.4, 0.5) is 0 Å². The van der Waals surface area contributed by atoms with Crippen LogP contribution in [0.1, 0.15) is 375 Å². The first-order valence-corrected chi connectivity index (χ1v) is 36.2. The molecular formula is C71H147N3O4.